The molecule has 5 heterocycles. The third-order valence-electron chi connectivity index (χ3n) is 10.7. The van der Waals surface area contributed by atoms with Gasteiger partial charge in [-0.2, -0.15) is 0 Å². The first-order valence-electron chi connectivity index (χ1n) is 17.4. The SMILES string of the molecule is CCc1ccc(C[C@@H](NC(=O)N2CCC(C3=C4CC=NC=C4SC3=O)CC2)C(=O)N2CCN(C3CCN(C)CC3)CC2)cc1CC. The molecule has 0 bridgehead atoms. The molecule has 0 saturated carbocycles. The topological polar surface area (TPSA) is 88.6 Å². The Balaban J connectivity index is 1.11. The van der Waals surface area contributed by atoms with E-state index in [-0.39, 0.29) is 23.0 Å². The lowest BCUT2D eigenvalue weighted by molar-refractivity contribution is -0.135. The molecule has 5 aliphatic heterocycles. The number of piperidine rings is 2. The Morgan fingerprint density at radius 3 is 2.35 bits per heavy atom. The van der Waals surface area contributed by atoms with E-state index in [2.05, 4.69) is 59.2 Å². The quantitative estimate of drug-likeness (QED) is 0.454. The fourth-order valence-electron chi connectivity index (χ4n) is 7.88. The minimum Gasteiger partial charge on any atom is -0.338 e. The zero-order valence-electron chi connectivity index (χ0n) is 27.8. The molecule has 0 aliphatic carbocycles. The molecule has 0 unspecified atom stereocenters. The maximum Gasteiger partial charge on any atom is 0.318 e. The largest absolute Gasteiger partial charge is 0.338 e. The summed E-state index contributed by atoms with van der Waals surface area (Å²) >= 11 is 1.29. The summed E-state index contributed by atoms with van der Waals surface area (Å²) in [6.07, 6.45) is 10.6. The van der Waals surface area contributed by atoms with Crippen LogP contribution in [0.2, 0.25) is 0 Å². The molecule has 10 heteroatoms. The van der Waals surface area contributed by atoms with Gasteiger partial charge in [0.15, 0.2) is 0 Å². The first-order chi connectivity index (χ1) is 22.3. The van der Waals surface area contributed by atoms with Crippen LogP contribution >= 0.6 is 11.8 Å². The van der Waals surface area contributed by atoms with Crippen molar-refractivity contribution in [2.75, 3.05) is 59.4 Å². The number of urea groups is 1. The van der Waals surface area contributed by atoms with Crippen molar-refractivity contribution < 1.29 is 14.4 Å². The van der Waals surface area contributed by atoms with Gasteiger partial charge in [-0.25, -0.2) is 4.79 Å². The summed E-state index contributed by atoms with van der Waals surface area (Å²) in [7, 11) is 2.19. The average Bonchev–Trinajstić information content (AvgIpc) is 3.43. The zero-order valence-corrected chi connectivity index (χ0v) is 28.6. The van der Waals surface area contributed by atoms with Crippen LogP contribution in [0.3, 0.4) is 0 Å². The molecule has 0 spiro atoms. The summed E-state index contributed by atoms with van der Waals surface area (Å²) in [4.78, 5) is 54.7. The predicted molar refractivity (Wildman–Crippen MR) is 185 cm³/mol. The number of amides is 3. The van der Waals surface area contributed by atoms with Gasteiger partial charge >= 0.3 is 6.03 Å². The third kappa shape index (κ3) is 7.29. The van der Waals surface area contributed by atoms with Crippen molar-refractivity contribution in [2.24, 2.45) is 10.9 Å². The number of carbonyl (C=O) groups is 3. The number of piperazine rings is 1. The van der Waals surface area contributed by atoms with Crippen molar-refractivity contribution in [2.45, 2.75) is 77.3 Å². The second kappa shape index (κ2) is 14.9. The van der Waals surface area contributed by atoms with Gasteiger partial charge in [-0.3, -0.25) is 19.5 Å². The Morgan fingerprint density at radius 2 is 1.65 bits per heavy atom. The molecule has 3 fully saturated rings. The van der Waals surface area contributed by atoms with Crippen LogP contribution in [-0.4, -0.2) is 114 Å². The van der Waals surface area contributed by atoms with Crippen LogP contribution in [0, 0.1) is 5.92 Å². The van der Waals surface area contributed by atoms with Gasteiger partial charge in [-0.15, -0.1) is 0 Å². The first kappa shape index (κ1) is 33.0. The maximum atomic E-state index is 14.1. The minimum atomic E-state index is -0.621. The van der Waals surface area contributed by atoms with Crippen LogP contribution in [0.1, 0.15) is 62.6 Å². The number of allylic oxidation sites excluding steroid dienone is 1. The van der Waals surface area contributed by atoms with Gasteiger partial charge in [-0.1, -0.05) is 32.0 Å². The van der Waals surface area contributed by atoms with Crippen LogP contribution in [0.15, 0.2) is 45.4 Å². The standard InChI is InChI=1S/C36H50N6O3S/c1-4-26-7-6-25(22-27(26)5-2)23-31(34(43)41-20-18-40(19-21-41)29-11-14-39(3)15-12-29)38-36(45)42-16-9-28(10-17-42)33-30-8-13-37-24-32(30)46-35(33)44/h6-7,13,22,24,28-29,31H,4-5,8-12,14-21,23H2,1-3H3,(H,38,45)/t31-/m1/s1. The summed E-state index contributed by atoms with van der Waals surface area (Å²) in [6, 6.07) is 6.32. The normalized spacial score (nSPS) is 22.7. The van der Waals surface area contributed by atoms with E-state index in [0.717, 1.165) is 73.5 Å². The molecule has 248 valence electrons. The lowest BCUT2D eigenvalue weighted by Crippen LogP contribution is -2.59. The van der Waals surface area contributed by atoms with E-state index >= 15 is 0 Å². The van der Waals surface area contributed by atoms with Gasteiger partial charge < -0.3 is 20.0 Å². The second-order valence-corrected chi connectivity index (χ2v) is 14.5. The highest BCUT2D eigenvalue weighted by atomic mass is 32.2. The number of nitrogens with one attached hydrogen (secondary N) is 1. The van der Waals surface area contributed by atoms with Crippen molar-refractivity contribution in [3.05, 3.63) is 57.1 Å². The van der Waals surface area contributed by atoms with Crippen LogP contribution in [0.4, 0.5) is 4.79 Å². The molecule has 1 aromatic carbocycles. The van der Waals surface area contributed by atoms with Crippen LogP contribution in [0.25, 0.3) is 0 Å². The number of thioether (sulfide) groups is 1. The lowest BCUT2D eigenvalue weighted by Gasteiger charge is -2.43. The molecule has 3 saturated heterocycles. The zero-order chi connectivity index (χ0) is 32.2. The Bertz CT molecular complexity index is 1400. The van der Waals surface area contributed by atoms with Crippen molar-refractivity contribution in [3.63, 3.8) is 0 Å². The number of hydrogen-bond donors (Lipinski definition) is 1. The molecule has 1 atom stereocenters. The van der Waals surface area contributed by atoms with Crippen LogP contribution in [-0.2, 0) is 28.9 Å². The lowest BCUT2D eigenvalue weighted by atomic mass is 9.86. The Labute approximate surface area is 278 Å². The van der Waals surface area contributed by atoms with E-state index in [9.17, 15) is 14.4 Å². The Morgan fingerprint density at radius 1 is 0.935 bits per heavy atom. The smallest absolute Gasteiger partial charge is 0.318 e. The van der Waals surface area contributed by atoms with Crippen molar-refractivity contribution in [1.29, 1.82) is 0 Å². The first-order valence-corrected chi connectivity index (χ1v) is 18.2. The van der Waals surface area contributed by atoms with E-state index in [1.54, 1.807) is 6.20 Å². The number of aliphatic imine (C=N–C) groups is 1. The van der Waals surface area contributed by atoms with E-state index in [4.69, 9.17) is 0 Å². The molecule has 3 amide bonds. The molecular weight excluding hydrogens is 597 g/mol. The molecule has 46 heavy (non-hydrogen) atoms. The molecular formula is C36H50N6O3S. The average molecular weight is 647 g/mol. The summed E-state index contributed by atoms with van der Waals surface area (Å²) in [5.41, 5.74) is 5.78. The number of aryl methyl sites for hydroxylation is 2. The van der Waals surface area contributed by atoms with Gasteiger partial charge in [0.2, 0.25) is 11.0 Å². The fourth-order valence-corrected chi connectivity index (χ4v) is 8.91. The Hall–Kier alpha value is -2.95. The highest BCUT2D eigenvalue weighted by Crippen LogP contribution is 2.45. The van der Waals surface area contributed by atoms with Crippen LogP contribution in [0.5, 0.6) is 0 Å². The second-order valence-electron chi connectivity index (χ2n) is 13.5. The minimum absolute atomic E-state index is 0.0164. The monoisotopic (exact) mass is 646 g/mol. The van der Waals surface area contributed by atoms with Crippen LogP contribution < -0.4 is 5.32 Å². The molecule has 0 radical (unpaired) electrons. The molecule has 0 aromatic heterocycles. The fraction of sp³-hybridized carbons (Fsp3) is 0.611. The number of rotatable bonds is 8. The number of hydrogen-bond acceptors (Lipinski definition) is 7. The molecule has 6 rings (SSSR count). The van der Waals surface area contributed by atoms with Gasteiger partial charge in [0, 0.05) is 81.0 Å². The van der Waals surface area contributed by atoms with Gasteiger partial charge in [-0.05, 0) is 98.6 Å². The molecule has 5 aliphatic rings. The van der Waals surface area contributed by atoms with E-state index < -0.39 is 6.04 Å². The van der Waals surface area contributed by atoms with Crippen molar-refractivity contribution in [3.8, 4) is 0 Å². The third-order valence-corrected chi connectivity index (χ3v) is 11.7. The van der Waals surface area contributed by atoms with E-state index in [1.807, 2.05) is 16.0 Å². The number of carbonyl (C=O) groups excluding carboxylic acids is 3. The summed E-state index contributed by atoms with van der Waals surface area (Å²) in [5, 5.41) is 3.32. The molecule has 9 nitrogen and oxygen atoms in total. The predicted octanol–water partition coefficient (Wildman–Crippen LogP) is 4.27. The van der Waals surface area contributed by atoms with Gasteiger partial charge in [0.25, 0.3) is 0 Å². The Kier molecular flexibility index (Phi) is 10.7. The number of likely N-dealkylation sites (tertiary alicyclic amines) is 2. The van der Waals surface area contributed by atoms with E-state index in [1.165, 1.54) is 35.7 Å². The molecule has 1 aromatic rings. The maximum absolute atomic E-state index is 14.1. The highest BCUT2D eigenvalue weighted by molar-refractivity contribution is 8.18. The summed E-state index contributed by atoms with van der Waals surface area (Å²) < 4.78 is 0. The van der Waals surface area contributed by atoms with Crippen molar-refractivity contribution in [1.82, 2.24) is 24.9 Å². The highest BCUT2D eigenvalue weighted by Gasteiger charge is 2.37. The van der Waals surface area contributed by atoms with Crippen molar-refractivity contribution >= 4 is 35.0 Å². The van der Waals surface area contributed by atoms with E-state index in [0.29, 0.717) is 45.1 Å². The van der Waals surface area contributed by atoms with Gasteiger partial charge in [0.05, 0.1) is 0 Å². The summed E-state index contributed by atoms with van der Waals surface area (Å²) in [5.74, 6) is 0.168. The summed E-state index contributed by atoms with van der Waals surface area (Å²) in [6.45, 7) is 10.9. The molecule has 1 N–H and O–H groups in total. The number of benzene rings is 1. The number of nitrogens with zero attached hydrogens (tertiary/aromatic N) is 5. The number of fused-ring (bicyclic) bond motifs is 1. The van der Waals surface area contributed by atoms with Gasteiger partial charge in [0.1, 0.15) is 6.04 Å².